The van der Waals surface area contributed by atoms with E-state index in [9.17, 15) is 9.59 Å². The molecule has 2 rings (SSSR count). The molecule has 114 valence electrons. The highest BCUT2D eigenvalue weighted by Gasteiger charge is 2.35. The van der Waals surface area contributed by atoms with E-state index in [1.165, 1.54) is 42.3 Å². The summed E-state index contributed by atoms with van der Waals surface area (Å²) < 4.78 is 0. The van der Waals surface area contributed by atoms with Crippen LogP contribution in [-0.4, -0.2) is 45.7 Å². The number of hydrogen-bond donors (Lipinski definition) is 2. The summed E-state index contributed by atoms with van der Waals surface area (Å²) in [4.78, 5) is 24.7. The molecule has 5 nitrogen and oxygen atoms in total. The van der Waals surface area contributed by atoms with E-state index in [2.05, 4.69) is 12.2 Å². The van der Waals surface area contributed by atoms with Crippen LogP contribution in [0, 0.1) is 5.92 Å². The summed E-state index contributed by atoms with van der Waals surface area (Å²) in [6, 6.07) is -0.659. The number of nitrogens with zero attached hydrogens (tertiary/aromatic N) is 1. The smallest absolute Gasteiger partial charge is 0.327 e. The van der Waals surface area contributed by atoms with Crippen molar-refractivity contribution in [3.05, 3.63) is 0 Å². The van der Waals surface area contributed by atoms with Crippen LogP contribution >= 0.6 is 11.8 Å². The Labute approximate surface area is 124 Å². The van der Waals surface area contributed by atoms with Crippen molar-refractivity contribution in [1.29, 1.82) is 0 Å². The minimum atomic E-state index is -0.906. The van der Waals surface area contributed by atoms with E-state index in [-0.39, 0.29) is 12.1 Å². The number of hydrogen-bond acceptors (Lipinski definition) is 3. The molecule has 1 heterocycles. The standard InChI is InChI=1S/C14H24N2O3S/c1-2-3-10-4-6-11(7-5-10)15-14(19)16-9-20-8-12(16)13(17)18/h10-12H,2-9H2,1H3,(H,15,19)(H,17,18)/t10?,11?,12-/m0/s1. The number of carboxylic acids is 1. The molecule has 1 aliphatic carbocycles. The Kier molecular flexibility index (Phi) is 5.57. The SMILES string of the molecule is CCCC1CCC(NC(=O)N2CSC[C@H]2C(=O)O)CC1. The highest BCUT2D eigenvalue weighted by Crippen LogP contribution is 2.28. The van der Waals surface area contributed by atoms with Gasteiger partial charge in [0.2, 0.25) is 0 Å². The zero-order valence-electron chi connectivity index (χ0n) is 12.0. The third-order valence-electron chi connectivity index (χ3n) is 4.30. The number of thioether (sulfide) groups is 1. The number of amides is 2. The van der Waals surface area contributed by atoms with Crippen molar-refractivity contribution in [3.63, 3.8) is 0 Å². The van der Waals surface area contributed by atoms with Crippen molar-refractivity contribution >= 4 is 23.8 Å². The fraction of sp³-hybridized carbons (Fsp3) is 0.857. The maximum Gasteiger partial charge on any atom is 0.327 e. The third kappa shape index (κ3) is 3.81. The summed E-state index contributed by atoms with van der Waals surface area (Å²) >= 11 is 1.50. The van der Waals surface area contributed by atoms with Crippen molar-refractivity contribution in [2.24, 2.45) is 5.92 Å². The fourth-order valence-corrected chi connectivity index (χ4v) is 4.25. The molecule has 0 aromatic rings. The second-order valence-electron chi connectivity index (χ2n) is 5.78. The minimum Gasteiger partial charge on any atom is -0.480 e. The first-order chi connectivity index (χ1) is 9.61. The lowest BCUT2D eigenvalue weighted by Crippen LogP contribution is -2.50. The van der Waals surface area contributed by atoms with E-state index in [1.54, 1.807) is 0 Å². The van der Waals surface area contributed by atoms with Crippen LogP contribution in [0.5, 0.6) is 0 Å². The average Bonchev–Trinajstić information content (AvgIpc) is 2.91. The van der Waals surface area contributed by atoms with Gasteiger partial charge in [0.15, 0.2) is 0 Å². The maximum absolute atomic E-state index is 12.2. The predicted octanol–water partition coefficient (Wildman–Crippen LogP) is 2.51. The zero-order valence-corrected chi connectivity index (χ0v) is 12.8. The highest BCUT2D eigenvalue weighted by molar-refractivity contribution is 7.99. The van der Waals surface area contributed by atoms with Crippen LogP contribution in [0.15, 0.2) is 0 Å². The van der Waals surface area contributed by atoms with Gasteiger partial charge in [0.1, 0.15) is 6.04 Å². The number of urea groups is 1. The van der Waals surface area contributed by atoms with Gasteiger partial charge in [0, 0.05) is 11.8 Å². The van der Waals surface area contributed by atoms with Gasteiger partial charge in [0.05, 0.1) is 5.88 Å². The Morgan fingerprint density at radius 1 is 1.30 bits per heavy atom. The summed E-state index contributed by atoms with van der Waals surface area (Å²) in [5.41, 5.74) is 0. The van der Waals surface area contributed by atoms with Gasteiger partial charge in [0.25, 0.3) is 0 Å². The van der Waals surface area contributed by atoms with Crippen LogP contribution in [0.1, 0.15) is 45.4 Å². The first-order valence-corrected chi connectivity index (χ1v) is 8.65. The molecule has 0 aromatic carbocycles. The summed E-state index contributed by atoms with van der Waals surface area (Å²) in [6.07, 6.45) is 6.91. The lowest BCUT2D eigenvalue weighted by Gasteiger charge is -2.31. The van der Waals surface area contributed by atoms with Crippen molar-refractivity contribution in [2.75, 3.05) is 11.6 Å². The maximum atomic E-state index is 12.2. The molecule has 1 saturated carbocycles. The molecule has 2 aliphatic rings. The van der Waals surface area contributed by atoms with Crippen molar-refractivity contribution in [3.8, 4) is 0 Å². The predicted molar refractivity (Wildman–Crippen MR) is 79.8 cm³/mol. The normalized spacial score (nSPS) is 30.2. The van der Waals surface area contributed by atoms with Crippen molar-refractivity contribution in [2.45, 2.75) is 57.5 Å². The number of carboxylic acid groups (broad SMARTS) is 1. The largest absolute Gasteiger partial charge is 0.480 e. The summed E-state index contributed by atoms with van der Waals surface area (Å²) in [5.74, 6) is 0.874. The molecular weight excluding hydrogens is 276 g/mol. The first kappa shape index (κ1) is 15.5. The molecular formula is C14H24N2O3S. The number of rotatable bonds is 4. The fourth-order valence-electron chi connectivity index (χ4n) is 3.11. The zero-order chi connectivity index (χ0) is 14.5. The summed E-state index contributed by atoms with van der Waals surface area (Å²) in [5, 5.41) is 12.1. The second-order valence-corrected chi connectivity index (χ2v) is 6.78. The van der Waals surface area contributed by atoms with Crippen LogP contribution in [0.3, 0.4) is 0 Å². The van der Waals surface area contributed by atoms with Gasteiger partial charge in [-0.3, -0.25) is 0 Å². The number of carbonyl (C=O) groups is 2. The van der Waals surface area contributed by atoms with E-state index in [1.807, 2.05) is 0 Å². The van der Waals surface area contributed by atoms with Crippen LogP contribution < -0.4 is 5.32 Å². The Hall–Kier alpha value is -0.910. The quantitative estimate of drug-likeness (QED) is 0.837. The molecule has 1 saturated heterocycles. The summed E-state index contributed by atoms with van der Waals surface area (Å²) in [7, 11) is 0. The first-order valence-electron chi connectivity index (χ1n) is 7.49. The van der Waals surface area contributed by atoms with E-state index in [4.69, 9.17) is 5.11 Å². The van der Waals surface area contributed by atoms with Crippen LogP contribution in [0.2, 0.25) is 0 Å². The van der Waals surface area contributed by atoms with Crippen LogP contribution in [0.25, 0.3) is 0 Å². The molecule has 2 N–H and O–H groups in total. The summed E-state index contributed by atoms with van der Waals surface area (Å²) in [6.45, 7) is 2.21. The van der Waals surface area contributed by atoms with Gasteiger partial charge in [-0.25, -0.2) is 9.59 Å². The average molecular weight is 300 g/mol. The highest BCUT2D eigenvalue weighted by atomic mass is 32.2. The molecule has 0 radical (unpaired) electrons. The van der Waals surface area contributed by atoms with E-state index in [0.717, 1.165) is 18.8 Å². The lowest BCUT2D eigenvalue weighted by atomic mass is 9.83. The van der Waals surface area contributed by atoms with Gasteiger partial charge in [-0.05, 0) is 31.6 Å². The Balaban J connectivity index is 1.79. The molecule has 20 heavy (non-hydrogen) atoms. The van der Waals surface area contributed by atoms with E-state index >= 15 is 0 Å². The van der Waals surface area contributed by atoms with Gasteiger partial charge < -0.3 is 15.3 Å². The second kappa shape index (κ2) is 7.20. The van der Waals surface area contributed by atoms with Crippen molar-refractivity contribution in [1.82, 2.24) is 10.2 Å². The molecule has 0 spiro atoms. The van der Waals surface area contributed by atoms with Crippen LogP contribution in [-0.2, 0) is 4.79 Å². The topological polar surface area (TPSA) is 69.6 Å². The molecule has 2 fully saturated rings. The Morgan fingerprint density at radius 2 is 2.00 bits per heavy atom. The molecule has 0 aromatic heterocycles. The Morgan fingerprint density at radius 3 is 2.60 bits per heavy atom. The Bertz CT molecular complexity index is 356. The van der Waals surface area contributed by atoms with Gasteiger partial charge in [-0.2, -0.15) is 0 Å². The number of aliphatic carboxylic acids is 1. The number of carbonyl (C=O) groups excluding carboxylic acids is 1. The molecule has 2 amide bonds. The monoisotopic (exact) mass is 300 g/mol. The molecule has 0 bridgehead atoms. The van der Waals surface area contributed by atoms with Gasteiger partial charge >= 0.3 is 12.0 Å². The van der Waals surface area contributed by atoms with Gasteiger partial charge in [-0.1, -0.05) is 19.8 Å². The minimum absolute atomic E-state index is 0.207. The molecule has 6 heteroatoms. The number of nitrogens with one attached hydrogen (secondary N) is 1. The molecule has 1 atom stereocenters. The lowest BCUT2D eigenvalue weighted by molar-refractivity contribution is -0.140. The van der Waals surface area contributed by atoms with Crippen molar-refractivity contribution < 1.29 is 14.7 Å². The van der Waals surface area contributed by atoms with E-state index in [0.29, 0.717) is 11.6 Å². The van der Waals surface area contributed by atoms with E-state index < -0.39 is 12.0 Å². The third-order valence-corrected chi connectivity index (χ3v) is 5.31. The molecule has 0 unspecified atom stereocenters. The van der Waals surface area contributed by atoms with Gasteiger partial charge in [-0.15, -0.1) is 11.8 Å². The molecule has 1 aliphatic heterocycles. The van der Waals surface area contributed by atoms with Crippen LogP contribution in [0.4, 0.5) is 4.79 Å².